The van der Waals surface area contributed by atoms with Gasteiger partial charge in [0, 0.05) is 18.7 Å². The molecule has 1 atom stereocenters. The molecule has 6 heteroatoms. The van der Waals surface area contributed by atoms with E-state index < -0.39 is 0 Å². The zero-order chi connectivity index (χ0) is 19.7. The van der Waals surface area contributed by atoms with Crippen molar-refractivity contribution in [1.29, 1.82) is 0 Å². The number of nitrogens with one attached hydrogen (secondary N) is 1. The summed E-state index contributed by atoms with van der Waals surface area (Å²) in [7, 11) is 0. The Bertz CT molecular complexity index is 1020. The Kier molecular flexibility index (Phi) is 4.86. The van der Waals surface area contributed by atoms with Crippen LogP contribution in [-0.2, 0) is 4.79 Å². The Morgan fingerprint density at radius 2 is 1.86 bits per heavy atom. The van der Waals surface area contributed by atoms with Crippen LogP contribution in [0.2, 0.25) is 0 Å². The Morgan fingerprint density at radius 3 is 2.64 bits per heavy atom. The first-order chi connectivity index (χ1) is 13.5. The number of aromatic nitrogens is 2. The molecule has 6 nitrogen and oxygen atoms in total. The molecule has 0 aliphatic carbocycles. The van der Waals surface area contributed by atoms with Crippen LogP contribution in [0.1, 0.15) is 34.3 Å². The predicted octanol–water partition coefficient (Wildman–Crippen LogP) is 3.28. The van der Waals surface area contributed by atoms with E-state index >= 15 is 0 Å². The Hall–Kier alpha value is -3.15. The van der Waals surface area contributed by atoms with Crippen molar-refractivity contribution < 1.29 is 9.59 Å². The van der Waals surface area contributed by atoms with Gasteiger partial charge in [-0.2, -0.15) is 0 Å². The molecule has 1 aliphatic rings. The molecule has 0 radical (unpaired) electrons. The summed E-state index contributed by atoms with van der Waals surface area (Å²) in [5.74, 6) is -0.316. The summed E-state index contributed by atoms with van der Waals surface area (Å²) in [5, 5.41) is 0. The minimum atomic E-state index is -0.232. The fourth-order valence-corrected chi connectivity index (χ4v) is 3.91. The number of likely N-dealkylation sites (tertiary alicyclic amines) is 1. The van der Waals surface area contributed by atoms with Gasteiger partial charge in [0.05, 0.1) is 17.0 Å². The van der Waals surface area contributed by atoms with Crippen molar-refractivity contribution in [2.75, 3.05) is 18.5 Å². The van der Waals surface area contributed by atoms with Gasteiger partial charge in [-0.15, -0.1) is 0 Å². The molecular formula is C22H24N4O2. The van der Waals surface area contributed by atoms with Gasteiger partial charge in [0.25, 0.3) is 5.91 Å². The first kappa shape index (κ1) is 18.2. The number of fused-ring (bicyclic) bond motifs is 1. The van der Waals surface area contributed by atoms with Crippen LogP contribution < -0.4 is 5.43 Å². The highest BCUT2D eigenvalue weighted by Crippen LogP contribution is 2.21. The molecule has 28 heavy (non-hydrogen) atoms. The summed E-state index contributed by atoms with van der Waals surface area (Å²) >= 11 is 0. The maximum absolute atomic E-state index is 12.9. The first-order valence-corrected chi connectivity index (χ1v) is 9.62. The SMILES string of the molecule is Cc1cc(C)cc(C(=O)N2CCCC(C(=O)Nn3cnc4ccccc43)C2)c1. The van der Waals surface area contributed by atoms with Crippen LogP contribution in [-0.4, -0.2) is 39.5 Å². The van der Waals surface area contributed by atoms with E-state index in [4.69, 9.17) is 0 Å². The van der Waals surface area contributed by atoms with Gasteiger partial charge in [-0.1, -0.05) is 29.3 Å². The maximum atomic E-state index is 12.9. The number of nitrogens with zero attached hydrogens (tertiary/aromatic N) is 3. The summed E-state index contributed by atoms with van der Waals surface area (Å²) in [6.45, 7) is 5.10. The van der Waals surface area contributed by atoms with Crippen LogP contribution in [0.25, 0.3) is 11.0 Å². The average Bonchev–Trinajstić information content (AvgIpc) is 3.10. The van der Waals surface area contributed by atoms with Crippen molar-refractivity contribution in [3.8, 4) is 0 Å². The Labute approximate surface area is 164 Å². The second-order valence-corrected chi connectivity index (χ2v) is 7.55. The van der Waals surface area contributed by atoms with Gasteiger partial charge in [-0.05, 0) is 51.0 Å². The highest BCUT2D eigenvalue weighted by Gasteiger charge is 2.29. The molecule has 1 aliphatic heterocycles. The summed E-state index contributed by atoms with van der Waals surface area (Å²) in [5.41, 5.74) is 7.45. The molecular weight excluding hydrogens is 352 g/mol. The van der Waals surface area contributed by atoms with E-state index in [1.807, 2.05) is 50.2 Å². The monoisotopic (exact) mass is 376 g/mol. The number of rotatable bonds is 3. The smallest absolute Gasteiger partial charge is 0.253 e. The molecule has 1 N–H and O–H groups in total. The number of carbonyl (C=O) groups excluding carboxylic acids is 2. The summed E-state index contributed by atoms with van der Waals surface area (Å²) < 4.78 is 1.66. The largest absolute Gasteiger partial charge is 0.338 e. The standard InChI is InChI=1S/C22H24N4O2/c1-15-10-16(2)12-18(11-15)22(28)25-9-5-6-17(13-25)21(27)24-26-14-23-19-7-3-4-8-20(19)26/h3-4,7-8,10-12,14,17H,5-6,9,13H2,1-2H3,(H,24,27). The Morgan fingerprint density at radius 1 is 1.11 bits per heavy atom. The lowest BCUT2D eigenvalue weighted by atomic mass is 9.96. The van der Waals surface area contributed by atoms with E-state index in [9.17, 15) is 9.59 Å². The lowest BCUT2D eigenvalue weighted by Crippen LogP contribution is -2.44. The van der Waals surface area contributed by atoms with Gasteiger partial charge in [-0.3, -0.25) is 15.0 Å². The molecule has 3 aromatic rings. The van der Waals surface area contributed by atoms with Crippen LogP contribution in [0, 0.1) is 19.8 Å². The van der Waals surface area contributed by atoms with E-state index in [2.05, 4.69) is 16.5 Å². The zero-order valence-corrected chi connectivity index (χ0v) is 16.2. The second kappa shape index (κ2) is 7.46. The van der Waals surface area contributed by atoms with Crippen molar-refractivity contribution in [3.63, 3.8) is 0 Å². The Balaban J connectivity index is 1.47. The van der Waals surface area contributed by atoms with Gasteiger partial charge in [-0.25, -0.2) is 9.66 Å². The highest BCUT2D eigenvalue weighted by molar-refractivity contribution is 5.95. The molecule has 4 rings (SSSR count). The minimum absolute atomic E-state index is 0.00243. The number of para-hydroxylation sites is 2. The van der Waals surface area contributed by atoms with Crippen LogP contribution in [0.5, 0.6) is 0 Å². The number of hydrogen-bond acceptors (Lipinski definition) is 3. The predicted molar refractivity (Wildman–Crippen MR) is 109 cm³/mol. The molecule has 2 aromatic carbocycles. The van der Waals surface area contributed by atoms with Crippen molar-refractivity contribution in [2.24, 2.45) is 5.92 Å². The molecule has 1 unspecified atom stereocenters. The molecule has 0 spiro atoms. The third kappa shape index (κ3) is 3.63. The number of piperidine rings is 1. The number of carbonyl (C=O) groups is 2. The summed E-state index contributed by atoms with van der Waals surface area (Å²) in [6.07, 6.45) is 3.21. The minimum Gasteiger partial charge on any atom is -0.338 e. The molecule has 1 aromatic heterocycles. The van der Waals surface area contributed by atoms with Crippen LogP contribution in [0.15, 0.2) is 48.8 Å². The number of aryl methyl sites for hydroxylation is 2. The highest BCUT2D eigenvalue weighted by atomic mass is 16.2. The van der Waals surface area contributed by atoms with Gasteiger partial charge in [0.1, 0.15) is 6.33 Å². The zero-order valence-electron chi connectivity index (χ0n) is 16.2. The fourth-order valence-electron chi connectivity index (χ4n) is 3.91. The first-order valence-electron chi connectivity index (χ1n) is 9.62. The third-order valence-electron chi connectivity index (χ3n) is 5.23. The number of imidazole rings is 1. The maximum Gasteiger partial charge on any atom is 0.253 e. The molecule has 1 saturated heterocycles. The van der Waals surface area contributed by atoms with Crippen molar-refractivity contribution in [1.82, 2.24) is 14.6 Å². The second-order valence-electron chi connectivity index (χ2n) is 7.55. The fraction of sp³-hybridized carbons (Fsp3) is 0.318. The number of amides is 2. The normalized spacial score (nSPS) is 16.9. The van der Waals surface area contributed by atoms with Crippen LogP contribution >= 0.6 is 0 Å². The van der Waals surface area contributed by atoms with E-state index in [1.54, 1.807) is 15.9 Å². The van der Waals surface area contributed by atoms with E-state index in [0.717, 1.165) is 35.0 Å². The van der Waals surface area contributed by atoms with E-state index in [0.29, 0.717) is 18.7 Å². The van der Waals surface area contributed by atoms with Gasteiger partial charge >= 0.3 is 0 Å². The van der Waals surface area contributed by atoms with Crippen molar-refractivity contribution in [2.45, 2.75) is 26.7 Å². The van der Waals surface area contributed by atoms with Crippen molar-refractivity contribution in [3.05, 3.63) is 65.5 Å². The van der Waals surface area contributed by atoms with E-state index in [1.165, 1.54) is 0 Å². The van der Waals surface area contributed by atoms with Crippen LogP contribution in [0.4, 0.5) is 0 Å². The molecule has 0 saturated carbocycles. The molecule has 144 valence electrons. The molecule has 1 fully saturated rings. The van der Waals surface area contributed by atoms with Gasteiger partial charge in [0.2, 0.25) is 5.91 Å². The van der Waals surface area contributed by atoms with Gasteiger partial charge in [0.15, 0.2) is 0 Å². The summed E-state index contributed by atoms with van der Waals surface area (Å²) in [4.78, 5) is 31.9. The third-order valence-corrected chi connectivity index (χ3v) is 5.23. The molecule has 2 heterocycles. The molecule has 0 bridgehead atoms. The summed E-state index contributed by atoms with van der Waals surface area (Å²) in [6, 6.07) is 13.5. The molecule has 2 amide bonds. The number of hydrogen-bond donors (Lipinski definition) is 1. The quantitative estimate of drug-likeness (QED) is 0.763. The van der Waals surface area contributed by atoms with Crippen LogP contribution in [0.3, 0.4) is 0 Å². The van der Waals surface area contributed by atoms with Gasteiger partial charge < -0.3 is 4.90 Å². The topological polar surface area (TPSA) is 67.2 Å². The average molecular weight is 376 g/mol. The lowest BCUT2D eigenvalue weighted by Gasteiger charge is -2.32. The number of benzene rings is 2. The van der Waals surface area contributed by atoms with Crippen molar-refractivity contribution >= 4 is 22.8 Å². The lowest BCUT2D eigenvalue weighted by molar-refractivity contribution is -0.122. The van der Waals surface area contributed by atoms with E-state index in [-0.39, 0.29) is 17.7 Å².